The van der Waals surface area contributed by atoms with Gasteiger partial charge in [-0.2, -0.15) is 0 Å². The molecule has 2 unspecified atom stereocenters. The number of hydrogen-bond donors (Lipinski definition) is 3. The van der Waals surface area contributed by atoms with Gasteiger partial charge < -0.3 is 16.2 Å². The molecule has 0 heterocycles. The van der Waals surface area contributed by atoms with E-state index < -0.39 is 0 Å². The molecule has 1 aromatic rings. The molecular weight excluding hydrogens is 264 g/mol. The van der Waals surface area contributed by atoms with E-state index in [1.807, 2.05) is 24.3 Å². The molecule has 0 aromatic heterocycles. The van der Waals surface area contributed by atoms with Crippen molar-refractivity contribution in [2.45, 2.75) is 38.5 Å². The van der Waals surface area contributed by atoms with Crippen molar-refractivity contribution in [3.05, 3.63) is 35.4 Å². The molecule has 4 N–H and O–H groups in total. The fourth-order valence-electron chi connectivity index (χ4n) is 2.47. The number of nitrogens with one attached hydrogen (secondary N) is 1. The first-order chi connectivity index (χ1) is 8.70. The van der Waals surface area contributed by atoms with Gasteiger partial charge in [0, 0.05) is 18.5 Å². The van der Waals surface area contributed by atoms with Crippen LogP contribution in [0.2, 0.25) is 0 Å². The van der Waals surface area contributed by atoms with Gasteiger partial charge in [-0.3, -0.25) is 4.79 Å². The van der Waals surface area contributed by atoms with Crippen LogP contribution in [0.25, 0.3) is 0 Å². The Hall–Kier alpha value is -1.10. The van der Waals surface area contributed by atoms with Crippen molar-refractivity contribution in [1.82, 2.24) is 5.32 Å². The molecule has 2 rings (SSSR count). The lowest BCUT2D eigenvalue weighted by atomic mass is 10.1. The van der Waals surface area contributed by atoms with E-state index in [0.29, 0.717) is 6.54 Å². The maximum Gasteiger partial charge on any atom is 0.223 e. The molecule has 19 heavy (non-hydrogen) atoms. The Balaban J connectivity index is 0.00000180. The van der Waals surface area contributed by atoms with Crippen molar-refractivity contribution in [2.75, 3.05) is 0 Å². The molecule has 0 saturated heterocycles. The maximum absolute atomic E-state index is 11.9. The van der Waals surface area contributed by atoms with Crippen LogP contribution in [0, 0.1) is 5.92 Å². The van der Waals surface area contributed by atoms with Crippen LogP contribution in [0.3, 0.4) is 0 Å². The van der Waals surface area contributed by atoms with Gasteiger partial charge in [-0.25, -0.2) is 0 Å². The van der Waals surface area contributed by atoms with Gasteiger partial charge >= 0.3 is 0 Å². The number of amides is 1. The Morgan fingerprint density at radius 3 is 2.58 bits per heavy atom. The van der Waals surface area contributed by atoms with Crippen LogP contribution in [-0.2, 0) is 17.9 Å². The number of aliphatic hydroxyl groups excluding tert-OH is 1. The van der Waals surface area contributed by atoms with E-state index >= 15 is 0 Å². The molecule has 5 heteroatoms. The lowest BCUT2D eigenvalue weighted by molar-refractivity contribution is -0.125. The van der Waals surface area contributed by atoms with Crippen molar-refractivity contribution in [1.29, 1.82) is 0 Å². The first kappa shape index (κ1) is 16.0. The summed E-state index contributed by atoms with van der Waals surface area (Å²) in [4.78, 5) is 11.9. The Morgan fingerprint density at radius 2 is 2.00 bits per heavy atom. The van der Waals surface area contributed by atoms with E-state index in [-0.39, 0.29) is 36.9 Å². The van der Waals surface area contributed by atoms with Gasteiger partial charge in [0.2, 0.25) is 5.91 Å². The number of nitrogens with two attached hydrogens (primary N) is 1. The molecule has 0 spiro atoms. The summed E-state index contributed by atoms with van der Waals surface area (Å²) in [6, 6.07) is 7.75. The summed E-state index contributed by atoms with van der Waals surface area (Å²) in [6.45, 7) is 0.474. The monoisotopic (exact) mass is 284 g/mol. The summed E-state index contributed by atoms with van der Waals surface area (Å²) < 4.78 is 0. The average molecular weight is 285 g/mol. The zero-order valence-corrected chi connectivity index (χ0v) is 11.7. The summed E-state index contributed by atoms with van der Waals surface area (Å²) in [5.41, 5.74) is 7.63. The van der Waals surface area contributed by atoms with Gasteiger partial charge in [-0.1, -0.05) is 24.3 Å². The molecule has 4 nitrogen and oxygen atoms in total. The molecule has 1 saturated carbocycles. The molecule has 0 bridgehead atoms. The topological polar surface area (TPSA) is 75.4 Å². The maximum atomic E-state index is 11.9. The second kappa shape index (κ2) is 7.48. The molecule has 1 aliphatic carbocycles. The molecule has 1 amide bonds. The summed E-state index contributed by atoms with van der Waals surface area (Å²) in [5.74, 6) is 0.136. The van der Waals surface area contributed by atoms with Crippen molar-refractivity contribution in [2.24, 2.45) is 11.7 Å². The molecule has 1 aliphatic rings. The summed E-state index contributed by atoms with van der Waals surface area (Å²) >= 11 is 0. The molecule has 2 atom stereocenters. The van der Waals surface area contributed by atoms with Crippen LogP contribution >= 0.6 is 12.4 Å². The molecule has 1 aromatic carbocycles. The largest absolute Gasteiger partial charge is 0.392 e. The van der Waals surface area contributed by atoms with Crippen LogP contribution in [0.4, 0.5) is 0 Å². The highest BCUT2D eigenvalue weighted by Gasteiger charge is 2.27. The van der Waals surface area contributed by atoms with Gasteiger partial charge in [0.15, 0.2) is 0 Å². The standard InChI is InChI=1S/C14H20N2O2.ClH/c15-13-6-5-10(7-13)14(18)16-8-11-3-1-2-4-12(11)9-17;/h1-4,10,13,17H,5-9,15H2,(H,16,18);1H. The molecule has 106 valence electrons. The zero-order chi connectivity index (χ0) is 13.0. The first-order valence-corrected chi connectivity index (χ1v) is 6.41. The summed E-state index contributed by atoms with van der Waals surface area (Å²) in [7, 11) is 0. The van der Waals surface area contributed by atoms with Crippen LogP contribution < -0.4 is 11.1 Å². The fourth-order valence-corrected chi connectivity index (χ4v) is 2.47. The predicted molar refractivity (Wildman–Crippen MR) is 76.8 cm³/mol. The first-order valence-electron chi connectivity index (χ1n) is 6.41. The van der Waals surface area contributed by atoms with E-state index in [9.17, 15) is 9.90 Å². The highest BCUT2D eigenvalue weighted by Crippen LogP contribution is 2.24. The van der Waals surface area contributed by atoms with Gasteiger partial charge in [0.1, 0.15) is 0 Å². The second-order valence-electron chi connectivity index (χ2n) is 4.91. The van der Waals surface area contributed by atoms with E-state index in [4.69, 9.17) is 5.73 Å². The number of rotatable bonds is 4. The number of hydrogen-bond acceptors (Lipinski definition) is 3. The quantitative estimate of drug-likeness (QED) is 0.781. The van der Waals surface area contributed by atoms with Gasteiger partial charge in [-0.05, 0) is 30.4 Å². The third kappa shape index (κ3) is 4.20. The highest BCUT2D eigenvalue weighted by atomic mass is 35.5. The van der Waals surface area contributed by atoms with Gasteiger partial charge in [0.25, 0.3) is 0 Å². The number of benzene rings is 1. The van der Waals surface area contributed by atoms with Crippen LogP contribution in [0.1, 0.15) is 30.4 Å². The minimum absolute atomic E-state index is 0. The number of halogens is 1. The zero-order valence-electron chi connectivity index (χ0n) is 10.8. The van der Waals surface area contributed by atoms with E-state index in [1.165, 1.54) is 0 Å². The minimum atomic E-state index is 0. The van der Waals surface area contributed by atoms with Crippen molar-refractivity contribution < 1.29 is 9.90 Å². The molecule has 0 aliphatic heterocycles. The summed E-state index contributed by atoms with van der Waals surface area (Å²) in [5, 5.41) is 12.1. The normalized spacial score (nSPS) is 21.8. The number of carbonyl (C=O) groups excluding carboxylic acids is 1. The fraction of sp³-hybridized carbons (Fsp3) is 0.500. The molecule has 1 fully saturated rings. The van der Waals surface area contributed by atoms with E-state index in [2.05, 4.69) is 5.32 Å². The van der Waals surface area contributed by atoms with Crippen LogP contribution in [0.5, 0.6) is 0 Å². The number of carbonyl (C=O) groups is 1. The second-order valence-corrected chi connectivity index (χ2v) is 4.91. The minimum Gasteiger partial charge on any atom is -0.392 e. The Labute approximate surface area is 119 Å². The van der Waals surface area contributed by atoms with Crippen LogP contribution in [-0.4, -0.2) is 17.1 Å². The molecular formula is C14H21ClN2O2. The molecule has 0 radical (unpaired) electrons. The Kier molecular flexibility index (Phi) is 6.28. The van der Waals surface area contributed by atoms with Crippen molar-refractivity contribution >= 4 is 18.3 Å². The SMILES string of the molecule is Cl.NC1CCC(C(=O)NCc2ccccc2CO)C1. The van der Waals surface area contributed by atoms with Crippen molar-refractivity contribution in [3.8, 4) is 0 Å². The summed E-state index contributed by atoms with van der Waals surface area (Å²) in [6.07, 6.45) is 2.60. The number of aliphatic hydroxyl groups is 1. The highest BCUT2D eigenvalue weighted by molar-refractivity contribution is 5.85. The smallest absolute Gasteiger partial charge is 0.223 e. The van der Waals surface area contributed by atoms with Gasteiger partial charge in [-0.15, -0.1) is 12.4 Å². The lowest BCUT2D eigenvalue weighted by Gasteiger charge is -2.12. The van der Waals surface area contributed by atoms with E-state index in [1.54, 1.807) is 0 Å². The third-order valence-electron chi connectivity index (χ3n) is 3.59. The Morgan fingerprint density at radius 1 is 1.32 bits per heavy atom. The lowest BCUT2D eigenvalue weighted by Crippen LogP contribution is -2.30. The van der Waals surface area contributed by atoms with Crippen molar-refractivity contribution in [3.63, 3.8) is 0 Å². The third-order valence-corrected chi connectivity index (χ3v) is 3.59. The van der Waals surface area contributed by atoms with E-state index in [0.717, 1.165) is 30.4 Å². The van der Waals surface area contributed by atoms with Gasteiger partial charge in [0.05, 0.1) is 6.61 Å². The van der Waals surface area contributed by atoms with Crippen LogP contribution in [0.15, 0.2) is 24.3 Å². The average Bonchev–Trinajstić information content (AvgIpc) is 2.83. The Bertz CT molecular complexity index is 426. The predicted octanol–water partition coefficient (Wildman–Crippen LogP) is 1.34.